The van der Waals surface area contributed by atoms with E-state index in [1.54, 1.807) is 12.1 Å². The summed E-state index contributed by atoms with van der Waals surface area (Å²) in [6.45, 7) is 6.03. The number of piperidine rings is 1. The first-order valence-electron chi connectivity index (χ1n) is 10.1. The van der Waals surface area contributed by atoms with Gasteiger partial charge >= 0.3 is 6.18 Å². The van der Waals surface area contributed by atoms with Gasteiger partial charge in [0.25, 0.3) is 0 Å². The van der Waals surface area contributed by atoms with Crippen molar-refractivity contribution in [3.63, 3.8) is 0 Å². The number of hydrogen-bond donors (Lipinski definition) is 1. The van der Waals surface area contributed by atoms with Crippen LogP contribution >= 0.6 is 0 Å². The molecule has 1 atom stereocenters. The SMILES string of the molecule is Cc1cc(C(F)(F)F)cc(O)c1-c1ccc2cn(C3CCC(=O)N(C(C)C)C3)nc2n1. The van der Waals surface area contributed by atoms with Crippen LogP contribution in [0.5, 0.6) is 5.75 Å². The van der Waals surface area contributed by atoms with E-state index in [4.69, 9.17) is 0 Å². The fraction of sp³-hybridized carbons (Fsp3) is 0.409. The van der Waals surface area contributed by atoms with Gasteiger partial charge in [-0.15, -0.1) is 0 Å². The maximum atomic E-state index is 13.0. The number of rotatable bonds is 3. The molecule has 1 aromatic carbocycles. The fourth-order valence-electron chi connectivity index (χ4n) is 4.08. The minimum Gasteiger partial charge on any atom is -0.507 e. The molecule has 1 N–H and O–H groups in total. The van der Waals surface area contributed by atoms with Gasteiger partial charge in [-0.05, 0) is 57.0 Å². The molecule has 31 heavy (non-hydrogen) atoms. The summed E-state index contributed by atoms with van der Waals surface area (Å²) >= 11 is 0. The molecule has 0 saturated carbocycles. The zero-order chi connectivity index (χ0) is 22.5. The normalized spacial score (nSPS) is 17.7. The summed E-state index contributed by atoms with van der Waals surface area (Å²) in [5.41, 5.74) is 0.405. The van der Waals surface area contributed by atoms with Crippen molar-refractivity contribution in [2.45, 2.75) is 51.9 Å². The largest absolute Gasteiger partial charge is 0.507 e. The Hall–Kier alpha value is -3.10. The van der Waals surface area contributed by atoms with Crippen molar-refractivity contribution in [3.8, 4) is 17.0 Å². The van der Waals surface area contributed by atoms with Gasteiger partial charge in [-0.3, -0.25) is 9.48 Å². The molecule has 1 unspecified atom stereocenters. The summed E-state index contributed by atoms with van der Waals surface area (Å²) in [4.78, 5) is 18.5. The lowest BCUT2D eigenvalue weighted by Gasteiger charge is -2.35. The van der Waals surface area contributed by atoms with Crippen LogP contribution in [0.25, 0.3) is 22.3 Å². The van der Waals surface area contributed by atoms with Crippen molar-refractivity contribution >= 4 is 16.9 Å². The molecule has 4 rings (SSSR count). The highest BCUT2D eigenvalue weighted by atomic mass is 19.4. The minimum absolute atomic E-state index is 0.0268. The maximum Gasteiger partial charge on any atom is 0.416 e. The van der Waals surface area contributed by atoms with E-state index >= 15 is 0 Å². The highest BCUT2D eigenvalue weighted by molar-refractivity contribution is 5.81. The molecule has 0 bridgehead atoms. The second kappa shape index (κ2) is 7.55. The Balaban J connectivity index is 1.68. The number of nitrogens with zero attached hydrogens (tertiary/aromatic N) is 4. The summed E-state index contributed by atoms with van der Waals surface area (Å²) < 4.78 is 40.8. The van der Waals surface area contributed by atoms with Crippen LogP contribution in [-0.4, -0.2) is 43.3 Å². The number of halogens is 3. The van der Waals surface area contributed by atoms with Crippen LogP contribution in [0.2, 0.25) is 0 Å². The fourth-order valence-corrected chi connectivity index (χ4v) is 4.08. The molecular formula is C22H23F3N4O2. The van der Waals surface area contributed by atoms with Gasteiger partial charge in [-0.1, -0.05) is 0 Å². The van der Waals surface area contributed by atoms with E-state index in [1.165, 1.54) is 6.92 Å². The number of likely N-dealkylation sites (tertiary alicyclic amines) is 1. The molecule has 3 heterocycles. The van der Waals surface area contributed by atoms with Crippen molar-refractivity contribution in [1.82, 2.24) is 19.7 Å². The van der Waals surface area contributed by atoms with Crippen molar-refractivity contribution in [2.24, 2.45) is 0 Å². The molecule has 9 heteroatoms. The van der Waals surface area contributed by atoms with Gasteiger partial charge in [0.05, 0.1) is 17.3 Å². The number of aromatic nitrogens is 3. The summed E-state index contributed by atoms with van der Waals surface area (Å²) in [5.74, 6) is -0.339. The van der Waals surface area contributed by atoms with Crippen LogP contribution in [0, 0.1) is 6.92 Å². The number of carbonyl (C=O) groups is 1. The van der Waals surface area contributed by atoms with Crippen LogP contribution in [0.1, 0.15) is 43.9 Å². The van der Waals surface area contributed by atoms with Gasteiger partial charge in [0.15, 0.2) is 5.65 Å². The third kappa shape index (κ3) is 3.96. The molecule has 1 saturated heterocycles. The summed E-state index contributed by atoms with van der Waals surface area (Å²) in [5, 5.41) is 15.6. The number of fused-ring (bicyclic) bond motifs is 1. The Bertz CT molecular complexity index is 1130. The second-order valence-corrected chi connectivity index (χ2v) is 8.24. The van der Waals surface area contributed by atoms with Crippen molar-refractivity contribution in [2.75, 3.05) is 6.54 Å². The van der Waals surface area contributed by atoms with E-state index < -0.39 is 17.5 Å². The first-order chi connectivity index (χ1) is 14.5. The lowest BCUT2D eigenvalue weighted by Crippen LogP contribution is -2.44. The molecule has 1 aliphatic heterocycles. The molecule has 6 nitrogen and oxygen atoms in total. The monoisotopic (exact) mass is 432 g/mol. The number of phenols is 1. The molecule has 0 aliphatic carbocycles. The lowest BCUT2D eigenvalue weighted by atomic mass is 10.00. The smallest absolute Gasteiger partial charge is 0.416 e. The van der Waals surface area contributed by atoms with E-state index in [0.29, 0.717) is 36.8 Å². The predicted octanol–water partition coefficient (Wildman–Crippen LogP) is 4.70. The Kier molecular flexibility index (Phi) is 5.15. The summed E-state index contributed by atoms with van der Waals surface area (Å²) in [6, 6.07) is 5.29. The zero-order valence-electron chi connectivity index (χ0n) is 17.4. The van der Waals surface area contributed by atoms with Crippen molar-refractivity contribution in [1.29, 1.82) is 0 Å². The number of hydrogen-bond acceptors (Lipinski definition) is 4. The lowest BCUT2D eigenvalue weighted by molar-refractivity contribution is -0.138. The zero-order valence-corrected chi connectivity index (χ0v) is 17.4. The van der Waals surface area contributed by atoms with E-state index in [-0.39, 0.29) is 29.1 Å². The second-order valence-electron chi connectivity index (χ2n) is 8.24. The highest BCUT2D eigenvalue weighted by Gasteiger charge is 2.32. The van der Waals surface area contributed by atoms with Gasteiger partial charge < -0.3 is 10.0 Å². The maximum absolute atomic E-state index is 13.0. The minimum atomic E-state index is -4.54. The summed E-state index contributed by atoms with van der Waals surface area (Å²) in [6.07, 6.45) is -1.54. The number of benzene rings is 1. The number of carbonyl (C=O) groups excluding carboxylic acids is 1. The molecule has 0 spiro atoms. The van der Waals surface area contributed by atoms with Gasteiger partial charge in [-0.25, -0.2) is 4.98 Å². The Morgan fingerprint density at radius 3 is 2.61 bits per heavy atom. The molecule has 2 aromatic heterocycles. The molecule has 1 aliphatic rings. The first-order valence-corrected chi connectivity index (χ1v) is 10.1. The molecule has 164 valence electrons. The topological polar surface area (TPSA) is 71.2 Å². The number of pyridine rings is 1. The number of phenolic OH excluding ortho intramolecular Hbond substituents is 1. The average molecular weight is 432 g/mol. The predicted molar refractivity (Wildman–Crippen MR) is 109 cm³/mol. The Labute approximate surface area is 177 Å². The number of aromatic hydroxyl groups is 1. The van der Waals surface area contributed by atoms with Crippen LogP contribution in [0.3, 0.4) is 0 Å². The molecule has 3 aromatic rings. The number of aryl methyl sites for hydroxylation is 1. The van der Waals surface area contributed by atoms with Crippen LogP contribution in [-0.2, 0) is 11.0 Å². The molecule has 1 amide bonds. The van der Waals surface area contributed by atoms with Crippen molar-refractivity contribution < 1.29 is 23.1 Å². The third-order valence-corrected chi connectivity index (χ3v) is 5.70. The van der Waals surface area contributed by atoms with Crippen molar-refractivity contribution in [3.05, 3.63) is 41.6 Å². The number of alkyl halides is 3. The average Bonchev–Trinajstić information content (AvgIpc) is 3.10. The van der Waals surface area contributed by atoms with Gasteiger partial charge in [0, 0.05) is 36.2 Å². The van der Waals surface area contributed by atoms with E-state index in [2.05, 4.69) is 10.1 Å². The Morgan fingerprint density at radius 1 is 1.23 bits per heavy atom. The molecule has 1 fully saturated rings. The number of amides is 1. The standard InChI is InChI=1S/C22H23F3N4O2/c1-12(2)28-11-16(5-7-19(28)31)29-10-14-4-6-17(26-21(14)27-29)20-13(3)8-15(9-18(20)30)22(23,24)25/h4,6,8-10,12,16,30H,5,7,11H2,1-3H3. The molecule has 0 radical (unpaired) electrons. The first kappa shape index (κ1) is 21.1. The van der Waals surface area contributed by atoms with E-state index in [1.807, 2.05) is 29.6 Å². The Morgan fingerprint density at radius 2 is 1.97 bits per heavy atom. The van der Waals surface area contributed by atoms with E-state index in [0.717, 1.165) is 11.5 Å². The quantitative estimate of drug-likeness (QED) is 0.651. The van der Waals surface area contributed by atoms with E-state index in [9.17, 15) is 23.1 Å². The highest BCUT2D eigenvalue weighted by Crippen LogP contribution is 2.39. The van der Waals surface area contributed by atoms with Gasteiger partial charge in [0.2, 0.25) is 5.91 Å². The van der Waals surface area contributed by atoms with Crippen LogP contribution < -0.4 is 0 Å². The molecular weight excluding hydrogens is 409 g/mol. The van der Waals surface area contributed by atoms with Gasteiger partial charge in [0.1, 0.15) is 5.75 Å². The summed E-state index contributed by atoms with van der Waals surface area (Å²) in [7, 11) is 0. The third-order valence-electron chi connectivity index (χ3n) is 5.70. The van der Waals surface area contributed by atoms with Gasteiger partial charge in [-0.2, -0.15) is 18.3 Å². The van der Waals surface area contributed by atoms with Crippen LogP contribution in [0.4, 0.5) is 13.2 Å². The van der Waals surface area contributed by atoms with Crippen LogP contribution in [0.15, 0.2) is 30.5 Å².